The zero-order valence-electron chi connectivity index (χ0n) is 17.0. The van der Waals surface area contributed by atoms with Gasteiger partial charge < -0.3 is 4.57 Å². The Kier molecular flexibility index (Phi) is 6.77. The summed E-state index contributed by atoms with van der Waals surface area (Å²) in [5.41, 5.74) is 0.629. The van der Waals surface area contributed by atoms with Crippen LogP contribution in [0.3, 0.4) is 0 Å². The normalized spacial score (nSPS) is 12.9. The number of benzene rings is 4. The fraction of sp³-hybridized carbons (Fsp3) is 0.0400. The summed E-state index contributed by atoms with van der Waals surface area (Å²) in [6.45, 7) is 0. The molecule has 0 heterocycles. The Balaban J connectivity index is 1.92. The van der Waals surface area contributed by atoms with Gasteiger partial charge in [-0.2, -0.15) is 4.72 Å². The van der Waals surface area contributed by atoms with Gasteiger partial charge in [0.05, 0.1) is 4.90 Å². The molecule has 32 heavy (non-hydrogen) atoms. The molecule has 1 N–H and O–H groups in total. The number of hydrogen-bond acceptors (Lipinski definition) is 3. The maximum absolute atomic E-state index is 14.9. The van der Waals surface area contributed by atoms with Crippen LogP contribution in [0.4, 0.5) is 0 Å². The van der Waals surface area contributed by atoms with Crippen LogP contribution >= 0.6 is 23.1 Å². The number of sulfonamides is 1. The predicted octanol–water partition coefficient (Wildman–Crippen LogP) is 5.44. The third-order valence-corrected chi connectivity index (χ3v) is 10.6. The number of halogens is 1. The largest absolute Gasteiger partial charge is 0.312 e. The highest BCUT2D eigenvalue weighted by molar-refractivity contribution is 9.10. The summed E-state index contributed by atoms with van der Waals surface area (Å²) in [4.78, 5) is 0.106. The SMILES string of the molecule is O=P(c1ccccc1)(c1ccccc1)[C@@H](NS(=O)(=O)c1ccc(Br)cc1)c1ccccc1. The van der Waals surface area contributed by atoms with Gasteiger partial charge in [0.2, 0.25) is 10.0 Å². The molecule has 7 heteroatoms. The molecule has 0 spiro atoms. The second-order valence-corrected chi connectivity index (χ2v) is 12.7. The Bertz CT molecular complexity index is 1290. The van der Waals surface area contributed by atoms with Crippen molar-refractivity contribution in [2.24, 2.45) is 0 Å². The lowest BCUT2D eigenvalue weighted by atomic mass is 10.2. The Morgan fingerprint density at radius 3 is 1.56 bits per heavy atom. The van der Waals surface area contributed by atoms with Gasteiger partial charge >= 0.3 is 0 Å². The van der Waals surface area contributed by atoms with Crippen LogP contribution in [0.2, 0.25) is 0 Å². The van der Waals surface area contributed by atoms with E-state index in [1.165, 1.54) is 12.1 Å². The highest BCUT2D eigenvalue weighted by Crippen LogP contribution is 2.56. The first kappa shape index (κ1) is 22.7. The number of nitrogens with one attached hydrogen (secondary N) is 1. The van der Waals surface area contributed by atoms with Crippen LogP contribution in [0.1, 0.15) is 11.3 Å². The van der Waals surface area contributed by atoms with E-state index in [1.807, 2.05) is 54.6 Å². The third-order valence-electron chi connectivity index (χ3n) is 5.15. The highest BCUT2D eigenvalue weighted by Gasteiger charge is 2.40. The summed E-state index contributed by atoms with van der Waals surface area (Å²) in [7, 11) is -7.45. The summed E-state index contributed by atoms with van der Waals surface area (Å²) in [6.07, 6.45) is 0. The molecule has 0 fully saturated rings. The topological polar surface area (TPSA) is 63.2 Å². The van der Waals surface area contributed by atoms with Gasteiger partial charge in [0, 0.05) is 15.1 Å². The van der Waals surface area contributed by atoms with E-state index in [2.05, 4.69) is 20.7 Å². The van der Waals surface area contributed by atoms with Crippen LogP contribution in [0, 0.1) is 0 Å². The Hall–Kier alpha value is -2.50. The molecule has 0 saturated heterocycles. The third kappa shape index (κ3) is 4.64. The van der Waals surface area contributed by atoms with Crippen molar-refractivity contribution in [3.05, 3.63) is 125 Å². The molecule has 4 rings (SSSR count). The average Bonchev–Trinajstić information content (AvgIpc) is 2.84. The van der Waals surface area contributed by atoms with E-state index in [0.29, 0.717) is 16.2 Å². The van der Waals surface area contributed by atoms with E-state index in [-0.39, 0.29) is 4.90 Å². The van der Waals surface area contributed by atoms with Crippen LogP contribution in [0.5, 0.6) is 0 Å². The van der Waals surface area contributed by atoms with Crippen molar-refractivity contribution in [2.75, 3.05) is 0 Å². The van der Waals surface area contributed by atoms with Crippen molar-refractivity contribution < 1.29 is 13.0 Å². The molecule has 0 aliphatic heterocycles. The summed E-state index contributed by atoms with van der Waals surface area (Å²) < 4.78 is 45.3. The number of hydrogen-bond donors (Lipinski definition) is 1. The first-order valence-electron chi connectivity index (χ1n) is 9.95. The van der Waals surface area contributed by atoms with E-state index in [1.54, 1.807) is 48.5 Å². The molecule has 0 radical (unpaired) electrons. The first-order valence-corrected chi connectivity index (χ1v) is 14.0. The second-order valence-electron chi connectivity index (χ2n) is 7.22. The van der Waals surface area contributed by atoms with E-state index in [0.717, 1.165) is 4.47 Å². The molecular formula is C25H21BrNO3PS. The number of rotatable bonds is 7. The lowest BCUT2D eigenvalue weighted by Crippen LogP contribution is -2.34. The van der Waals surface area contributed by atoms with Gasteiger partial charge in [-0.3, -0.25) is 0 Å². The smallest absolute Gasteiger partial charge is 0.241 e. The summed E-state index contributed by atoms with van der Waals surface area (Å²) in [6, 6.07) is 33.6. The van der Waals surface area contributed by atoms with Crippen LogP contribution in [0.15, 0.2) is 125 Å². The molecule has 4 aromatic rings. The minimum atomic E-state index is -3.97. The monoisotopic (exact) mass is 525 g/mol. The molecule has 162 valence electrons. The molecule has 1 atom stereocenters. The summed E-state index contributed by atoms with van der Waals surface area (Å²) in [5.74, 6) is -0.984. The molecule has 0 aliphatic rings. The molecule has 0 unspecified atom stereocenters. The van der Waals surface area contributed by atoms with Crippen LogP contribution in [0.25, 0.3) is 0 Å². The molecule has 0 aliphatic carbocycles. The van der Waals surface area contributed by atoms with Crippen molar-refractivity contribution in [3.63, 3.8) is 0 Å². The first-order chi connectivity index (χ1) is 15.4. The Labute approximate surface area is 196 Å². The fourth-order valence-electron chi connectivity index (χ4n) is 3.56. The molecule has 4 nitrogen and oxygen atoms in total. The van der Waals surface area contributed by atoms with E-state index in [9.17, 15) is 13.0 Å². The Morgan fingerprint density at radius 1 is 0.656 bits per heavy atom. The minimum absolute atomic E-state index is 0.106. The Morgan fingerprint density at radius 2 is 1.09 bits per heavy atom. The van der Waals surface area contributed by atoms with E-state index >= 15 is 0 Å². The highest BCUT2D eigenvalue weighted by atomic mass is 79.9. The summed E-state index contributed by atoms with van der Waals surface area (Å²) in [5, 5.41) is 1.16. The van der Waals surface area contributed by atoms with Crippen molar-refractivity contribution in [1.29, 1.82) is 0 Å². The van der Waals surface area contributed by atoms with Crippen LogP contribution in [-0.2, 0) is 14.6 Å². The maximum atomic E-state index is 14.9. The van der Waals surface area contributed by atoms with E-state index < -0.39 is 22.9 Å². The average molecular weight is 526 g/mol. The maximum Gasteiger partial charge on any atom is 0.241 e. The lowest BCUT2D eigenvalue weighted by Gasteiger charge is -2.30. The van der Waals surface area contributed by atoms with E-state index in [4.69, 9.17) is 0 Å². The van der Waals surface area contributed by atoms with Crippen molar-refractivity contribution in [2.45, 2.75) is 10.7 Å². The van der Waals surface area contributed by atoms with Gasteiger partial charge in [-0.05, 0) is 29.8 Å². The standard InChI is InChI=1S/C25H21BrNO3PS/c26-21-16-18-24(19-17-21)32(29,30)27-25(20-10-4-1-5-11-20)31(28,22-12-6-2-7-13-22)23-14-8-3-9-15-23/h1-19,25,27H/t25-/m1/s1. The van der Waals surface area contributed by atoms with Crippen molar-refractivity contribution >= 4 is 43.7 Å². The molecule has 0 amide bonds. The minimum Gasteiger partial charge on any atom is -0.312 e. The van der Waals surface area contributed by atoms with Gasteiger partial charge in [0.1, 0.15) is 5.78 Å². The lowest BCUT2D eigenvalue weighted by molar-refractivity contribution is 0.560. The van der Waals surface area contributed by atoms with Crippen molar-refractivity contribution in [3.8, 4) is 0 Å². The molecule has 0 bridgehead atoms. The molecule has 4 aromatic carbocycles. The van der Waals surface area contributed by atoms with Crippen molar-refractivity contribution in [1.82, 2.24) is 4.72 Å². The quantitative estimate of drug-likeness (QED) is 0.327. The van der Waals surface area contributed by atoms with Gasteiger partial charge in [0.25, 0.3) is 0 Å². The molecular weight excluding hydrogens is 505 g/mol. The fourth-order valence-corrected chi connectivity index (χ4v) is 8.61. The zero-order valence-corrected chi connectivity index (χ0v) is 20.3. The van der Waals surface area contributed by atoms with Gasteiger partial charge in [0.15, 0.2) is 7.14 Å². The van der Waals surface area contributed by atoms with Crippen LogP contribution < -0.4 is 15.3 Å². The van der Waals surface area contributed by atoms with Gasteiger partial charge in [-0.25, -0.2) is 8.42 Å². The molecule has 0 aromatic heterocycles. The molecule has 0 saturated carbocycles. The second kappa shape index (κ2) is 9.55. The van der Waals surface area contributed by atoms with Crippen LogP contribution in [-0.4, -0.2) is 8.42 Å². The van der Waals surface area contributed by atoms with Gasteiger partial charge in [-0.15, -0.1) is 0 Å². The predicted molar refractivity (Wildman–Crippen MR) is 133 cm³/mol. The summed E-state index contributed by atoms with van der Waals surface area (Å²) >= 11 is 3.33. The van der Waals surface area contributed by atoms with Gasteiger partial charge in [-0.1, -0.05) is 107 Å². The zero-order chi connectivity index (χ0) is 22.6.